The van der Waals surface area contributed by atoms with E-state index in [0.717, 1.165) is 12.2 Å². The Labute approximate surface area is 112 Å². The van der Waals surface area contributed by atoms with Crippen molar-refractivity contribution in [2.75, 3.05) is 13.2 Å². The fraction of sp³-hybridized carbons (Fsp3) is 0.667. The molecule has 3 nitrogen and oxygen atoms in total. The van der Waals surface area contributed by atoms with Gasteiger partial charge in [0.15, 0.2) is 0 Å². The quantitative estimate of drug-likeness (QED) is 0.282. The molecule has 0 radical (unpaired) electrons. The highest BCUT2D eigenvalue weighted by Crippen LogP contribution is 2.04. The van der Waals surface area contributed by atoms with E-state index in [1.54, 1.807) is 0 Å². The van der Waals surface area contributed by atoms with Gasteiger partial charge in [0.05, 0.1) is 13.2 Å². The molecule has 0 aliphatic heterocycles. The molecule has 106 valence electrons. The highest BCUT2D eigenvalue weighted by Gasteiger charge is 2.01. The summed E-state index contributed by atoms with van der Waals surface area (Å²) in [6.07, 6.45) is 7.93. The first-order valence-corrected chi connectivity index (χ1v) is 6.85. The van der Waals surface area contributed by atoms with E-state index in [1.807, 2.05) is 45.9 Å². The molecule has 0 fully saturated rings. The molecule has 0 saturated heterocycles. The zero-order chi connectivity index (χ0) is 14.2. The maximum absolute atomic E-state index is 11.0. The van der Waals surface area contributed by atoms with Crippen molar-refractivity contribution in [2.24, 2.45) is 0 Å². The molecular formula is C15H28O3. The van der Waals surface area contributed by atoms with Gasteiger partial charge in [-0.3, -0.25) is 4.79 Å². The molecule has 0 saturated carbocycles. The van der Waals surface area contributed by atoms with Gasteiger partial charge in [0.1, 0.15) is 5.76 Å². The number of carbonyl (C=O) groups is 1. The molecule has 0 aliphatic rings. The topological polar surface area (TPSA) is 35.5 Å². The second-order valence-electron chi connectivity index (χ2n) is 3.27. The van der Waals surface area contributed by atoms with E-state index < -0.39 is 0 Å². The molecule has 0 bridgehead atoms. The molecule has 0 rings (SSSR count). The van der Waals surface area contributed by atoms with Crippen LogP contribution >= 0.6 is 0 Å². The lowest BCUT2D eigenvalue weighted by atomic mass is 10.3. The lowest BCUT2D eigenvalue weighted by molar-refractivity contribution is -0.143. The van der Waals surface area contributed by atoms with Crippen LogP contribution in [0.1, 0.15) is 53.9 Å². The molecule has 3 heteroatoms. The third-order valence-electron chi connectivity index (χ3n) is 1.84. The van der Waals surface area contributed by atoms with Gasteiger partial charge in [-0.05, 0) is 38.8 Å². The average Bonchev–Trinajstić information content (AvgIpc) is 2.38. The Hall–Kier alpha value is -1.25. The first kappa shape index (κ1) is 19.1. The maximum atomic E-state index is 11.0. The largest absolute Gasteiger partial charge is 0.494 e. The average molecular weight is 256 g/mol. The summed E-state index contributed by atoms with van der Waals surface area (Å²) in [7, 11) is 0. The summed E-state index contributed by atoms with van der Waals surface area (Å²) >= 11 is 0. The van der Waals surface area contributed by atoms with Gasteiger partial charge < -0.3 is 9.47 Å². The number of ether oxygens (including phenoxy) is 2. The number of carbonyl (C=O) groups excluding carboxylic acids is 1. The second kappa shape index (κ2) is 15.8. The fourth-order valence-corrected chi connectivity index (χ4v) is 1.18. The molecule has 18 heavy (non-hydrogen) atoms. The van der Waals surface area contributed by atoms with Crippen LogP contribution in [0.4, 0.5) is 0 Å². The Kier molecular flexibility index (Phi) is 16.7. The third-order valence-corrected chi connectivity index (χ3v) is 1.84. The summed E-state index contributed by atoms with van der Waals surface area (Å²) in [5.74, 6) is 0.715. The number of esters is 1. The van der Waals surface area contributed by atoms with E-state index in [2.05, 4.69) is 6.92 Å². The SMILES string of the molecule is C/C=C\C(=C/CC)OCCCC(=O)OCC.CC. The molecule has 0 aromatic heterocycles. The van der Waals surface area contributed by atoms with E-state index in [-0.39, 0.29) is 5.97 Å². The maximum Gasteiger partial charge on any atom is 0.305 e. The number of hydrogen-bond acceptors (Lipinski definition) is 3. The third kappa shape index (κ3) is 12.8. The van der Waals surface area contributed by atoms with E-state index in [4.69, 9.17) is 9.47 Å². The Bertz CT molecular complexity index is 242. The predicted octanol–water partition coefficient (Wildman–Crippen LogP) is 4.24. The molecule has 0 amide bonds. The summed E-state index contributed by atoms with van der Waals surface area (Å²) in [5, 5.41) is 0. The predicted molar refractivity (Wildman–Crippen MR) is 76.4 cm³/mol. The smallest absolute Gasteiger partial charge is 0.305 e. The van der Waals surface area contributed by atoms with Crippen LogP contribution in [0.2, 0.25) is 0 Å². The van der Waals surface area contributed by atoms with E-state index >= 15 is 0 Å². The van der Waals surface area contributed by atoms with Gasteiger partial charge >= 0.3 is 5.97 Å². The number of hydrogen-bond donors (Lipinski definition) is 0. The van der Waals surface area contributed by atoms with Crippen molar-refractivity contribution in [1.29, 1.82) is 0 Å². The zero-order valence-electron chi connectivity index (χ0n) is 12.5. The van der Waals surface area contributed by atoms with Crippen molar-refractivity contribution in [3.05, 3.63) is 24.0 Å². The lowest BCUT2D eigenvalue weighted by Crippen LogP contribution is -2.05. The Morgan fingerprint density at radius 1 is 1.17 bits per heavy atom. The second-order valence-corrected chi connectivity index (χ2v) is 3.27. The molecule has 0 spiro atoms. The van der Waals surface area contributed by atoms with Crippen LogP contribution < -0.4 is 0 Å². The van der Waals surface area contributed by atoms with Crippen LogP contribution in [0.15, 0.2) is 24.0 Å². The standard InChI is InChI=1S/C13H22O3.C2H6/c1-4-8-12(9-5-2)16-11-7-10-13(14)15-6-3;1-2/h4,8-9H,5-7,10-11H2,1-3H3;1-2H3/b8-4-,12-9+;. The summed E-state index contributed by atoms with van der Waals surface area (Å²) in [4.78, 5) is 11.0. The first-order chi connectivity index (χ1) is 8.74. The van der Waals surface area contributed by atoms with Crippen LogP contribution in [0.3, 0.4) is 0 Å². The number of allylic oxidation sites excluding steroid dienone is 3. The first-order valence-electron chi connectivity index (χ1n) is 6.85. The molecule has 0 atom stereocenters. The zero-order valence-corrected chi connectivity index (χ0v) is 12.5. The van der Waals surface area contributed by atoms with E-state index in [1.165, 1.54) is 0 Å². The van der Waals surface area contributed by atoms with Gasteiger partial charge in [0.25, 0.3) is 0 Å². The monoisotopic (exact) mass is 256 g/mol. The molecule has 0 heterocycles. The van der Waals surface area contributed by atoms with Crippen LogP contribution in [-0.4, -0.2) is 19.2 Å². The van der Waals surface area contributed by atoms with Crippen molar-refractivity contribution in [2.45, 2.75) is 53.9 Å². The normalized spacial score (nSPS) is 10.8. The van der Waals surface area contributed by atoms with Crippen molar-refractivity contribution in [3.8, 4) is 0 Å². The summed E-state index contributed by atoms with van der Waals surface area (Å²) in [5.41, 5.74) is 0. The van der Waals surface area contributed by atoms with Crippen molar-refractivity contribution >= 4 is 5.97 Å². The van der Waals surface area contributed by atoms with Gasteiger partial charge in [0, 0.05) is 6.42 Å². The van der Waals surface area contributed by atoms with Gasteiger partial charge in [-0.2, -0.15) is 0 Å². The van der Waals surface area contributed by atoms with Crippen LogP contribution in [0.5, 0.6) is 0 Å². The van der Waals surface area contributed by atoms with Crippen molar-refractivity contribution in [3.63, 3.8) is 0 Å². The van der Waals surface area contributed by atoms with E-state index in [9.17, 15) is 4.79 Å². The van der Waals surface area contributed by atoms with Gasteiger partial charge in [0.2, 0.25) is 0 Å². The Morgan fingerprint density at radius 3 is 2.33 bits per heavy atom. The van der Waals surface area contributed by atoms with Crippen LogP contribution in [0.25, 0.3) is 0 Å². The summed E-state index contributed by atoms with van der Waals surface area (Å²) in [6.45, 7) is 10.8. The molecule has 0 unspecified atom stereocenters. The van der Waals surface area contributed by atoms with Crippen molar-refractivity contribution < 1.29 is 14.3 Å². The molecule has 0 aliphatic carbocycles. The molecule has 0 aromatic carbocycles. The summed E-state index contributed by atoms with van der Waals surface area (Å²) < 4.78 is 10.3. The molecular weight excluding hydrogens is 228 g/mol. The minimum Gasteiger partial charge on any atom is -0.494 e. The molecule has 0 aromatic rings. The van der Waals surface area contributed by atoms with Crippen LogP contribution in [0, 0.1) is 0 Å². The summed E-state index contributed by atoms with van der Waals surface area (Å²) in [6, 6.07) is 0. The fourth-order valence-electron chi connectivity index (χ4n) is 1.18. The highest BCUT2D eigenvalue weighted by molar-refractivity contribution is 5.69. The van der Waals surface area contributed by atoms with Gasteiger partial charge in [-0.1, -0.05) is 26.8 Å². The number of rotatable bonds is 8. The van der Waals surface area contributed by atoms with Crippen LogP contribution in [-0.2, 0) is 14.3 Å². The minimum atomic E-state index is -0.154. The minimum absolute atomic E-state index is 0.154. The lowest BCUT2D eigenvalue weighted by Gasteiger charge is -2.06. The van der Waals surface area contributed by atoms with Gasteiger partial charge in [-0.25, -0.2) is 0 Å². The Balaban J connectivity index is 0. The molecule has 0 N–H and O–H groups in total. The van der Waals surface area contributed by atoms with Gasteiger partial charge in [-0.15, -0.1) is 0 Å². The highest BCUT2D eigenvalue weighted by atomic mass is 16.5. The Morgan fingerprint density at radius 2 is 1.83 bits per heavy atom. The van der Waals surface area contributed by atoms with Crippen molar-refractivity contribution in [1.82, 2.24) is 0 Å². The van der Waals surface area contributed by atoms with E-state index in [0.29, 0.717) is 26.1 Å².